The van der Waals surface area contributed by atoms with E-state index in [0.717, 1.165) is 37.1 Å². The van der Waals surface area contributed by atoms with Gasteiger partial charge in [0.2, 0.25) is 5.91 Å². The highest BCUT2D eigenvalue weighted by Gasteiger charge is 2.21. The summed E-state index contributed by atoms with van der Waals surface area (Å²) in [5, 5.41) is 5.54. The van der Waals surface area contributed by atoms with E-state index in [4.69, 9.17) is 4.74 Å². The molecule has 1 amide bonds. The zero-order valence-corrected chi connectivity index (χ0v) is 13.3. The molecule has 1 fully saturated rings. The third-order valence-corrected chi connectivity index (χ3v) is 4.69. The van der Waals surface area contributed by atoms with Crippen LogP contribution >= 0.6 is 11.3 Å². The molecule has 22 heavy (non-hydrogen) atoms. The Morgan fingerprint density at radius 3 is 2.77 bits per heavy atom. The number of amides is 1. The van der Waals surface area contributed by atoms with Crippen LogP contribution in [0.3, 0.4) is 0 Å². The Labute approximate surface area is 134 Å². The number of ether oxygens (including phenoxy) is 1. The molecule has 1 aliphatic carbocycles. The average Bonchev–Trinajstić information content (AvgIpc) is 3.02. The van der Waals surface area contributed by atoms with Gasteiger partial charge in [-0.15, -0.1) is 11.3 Å². The number of rotatable bonds is 5. The van der Waals surface area contributed by atoms with E-state index >= 15 is 0 Å². The van der Waals surface area contributed by atoms with Crippen LogP contribution in [0.5, 0.6) is 5.75 Å². The third kappa shape index (κ3) is 4.07. The van der Waals surface area contributed by atoms with E-state index in [1.165, 1.54) is 17.8 Å². The first kappa shape index (κ1) is 15.0. The van der Waals surface area contributed by atoms with E-state index in [0.29, 0.717) is 11.7 Å². The summed E-state index contributed by atoms with van der Waals surface area (Å²) >= 11 is 1.45. The zero-order valence-electron chi connectivity index (χ0n) is 12.5. The molecule has 1 saturated carbocycles. The van der Waals surface area contributed by atoms with Crippen molar-refractivity contribution in [2.75, 3.05) is 5.32 Å². The zero-order chi connectivity index (χ0) is 15.2. The first-order valence-electron chi connectivity index (χ1n) is 7.74. The van der Waals surface area contributed by atoms with Crippen molar-refractivity contribution in [2.24, 2.45) is 5.92 Å². The second kappa shape index (κ2) is 7.40. The molecule has 1 heterocycles. The Morgan fingerprint density at radius 2 is 2.00 bits per heavy atom. The van der Waals surface area contributed by atoms with Crippen LogP contribution < -0.4 is 10.1 Å². The summed E-state index contributed by atoms with van der Waals surface area (Å²) in [4.78, 5) is 16.6. The van der Waals surface area contributed by atoms with E-state index in [-0.39, 0.29) is 11.8 Å². The lowest BCUT2D eigenvalue weighted by molar-refractivity contribution is -0.120. The summed E-state index contributed by atoms with van der Waals surface area (Å²) in [5.41, 5.74) is 0.841. The minimum Gasteiger partial charge on any atom is -0.487 e. The lowest BCUT2D eigenvalue weighted by Gasteiger charge is -2.19. The molecule has 0 bridgehead atoms. The van der Waals surface area contributed by atoms with Crippen molar-refractivity contribution in [3.63, 3.8) is 0 Å². The molecule has 1 aromatic heterocycles. The molecule has 1 aromatic carbocycles. The standard InChI is InChI=1S/C17H20N2O2S/c20-16(13-7-3-1-4-8-13)19-17-18-14(12-22-17)11-21-15-9-5-2-6-10-15/h2,5-6,9-10,12-13H,1,3-4,7-8,11H2,(H,18,19,20). The fraction of sp³-hybridized carbons (Fsp3) is 0.412. The van der Waals surface area contributed by atoms with Gasteiger partial charge in [0.25, 0.3) is 0 Å². The van der Waals surface area contributed by atoms with Crippen LogP contribution in [0.4, 0.5) is 5.13 Å². The molecule has 0 aliphatic heterocycles. The fourth-order valence-electron chi connectivity index (χ4n) is 2.68. The first-order chi connectivity index (χ1) is 10.8. The maximum Gasteiger partial charge on any atom is 0.229 e. The average molecular weight is 316 g/mol. The Morgan fingerprint density at radius 1 is 1.23 bits per heavy atom. The van der Waals surface area contributed by atoms with Crippen molar-refractivity contribution in [1.29, 1.82) is 0 Å². The molecule has 2 aromatic rings. The number of para-hydroxylation sites is 1. The number of hydrogen-bond donors (Lipinski definition) is 1. The third-order valence-electron chi connectivity index (χ3n) is 3.89. The molecule has 4 nitrogen and oxygen atoms in total. The Hall–Kier alpha value is -1.88. The number of nitrogens with one attached hydrogen (secondary N) is 1. The predicted octanol–water partition coefficient (Wildman–Crippen LogP) is 4.24. The lowest BCUT2D eigenvalue weighted by atomic mass is 9.89. The van der Waals surface area contributed by atoms with Gasteiger partial charge in [-0.2, -0.15) is 0 Å². The van der Waals surface area contributed by atoms with Crippen molar-refractivity contribution >= 4 is 22.4 Å². The summed E-state index contributed by atoms with van der Waals surface area (Å²) in [6, 6.07) is 9.66. The van der Waals surface area contributed by atoms with Crippen LogP contribution in [0.15, 0.2) is 35.7 Å². The van der Waals surface area contributed by atoms with E-state index < -0.39 is 0 Å². The Kier molecular flexibility index (Phi) is 5.06. The summed E-state index contributed by atoms with van der Waals surface area (Å²) in [7, 11) is 0. The van der Waals surface area contributed by atoms with E-state index in [1.807, 2.05) is 35.7 Å². The molecule has 0 spiro atoms. The van der Waals surface area contributed by atoms with Gasteiger partial charge in [-0.05, 0) is 25.0 Å². The van der Waals surface area contributed by atoms with Gasteiger partial charge in [-0.1, -0.05) is 37.5 Å². The molecule has 0 unspecified atom stereocenters. The number of carbonyl (C=O) groups excluding carboxylic acids is 1. The van der Waals surface area contributed by atoms with Crippen LogP contribution in [0.2, 0.25) is 0 Å². The number of hydrogen-bond acceptors (Lipinski definition) is 4. The number of nitrogens with zero attached hydrogens (tertiary/aromatic N) is 1. The SMILES string of the molecule is O=C(Nc1nc(COc2ccccc2)cs1)C1CCCCC1. The largest absolute Gasteiger partial charge is 0.487 e. The lowest BCUT2D eigenvalue weighted by Crippen LogP contribution is -2.24. The molecular formula is C17H20N2O2S. The van der Waals surface area contributed by atoms with Crippen molar-refractivity contribution in [3.8, 4) is 5.75 Å². The van der Waals surface area contributed by atoms with Crippen molar-refractivity contribution in [3.05, 3.63) is 41.4 Å². The summed E-state index contributed by atoms with van der Waals surface area (Å²) < 4.78 is 5.66. The van der Waals surface area contributed by atoms with Gasteiger partial charge in [0, 0.05) is 11.3 Å². The van der Waals surface area contributed by atoms with Crippen LogP contribution in [0.25, 0.3) is 0 Å². The second-order valence-electron chi connectivity index (χ2n) is 5.57. The van der Waals surface area contributed by atoms with E-state index in [2.05, 4.69) is 10.3 Å². The number of thiazole rings is 1. The van der Waals surface area contributed by atoms with Gasteiger partial charge >= 0.3 is 0 Å². The van der Waals surface area contributed by atoms with Gasteiger partial charge in [0.1, 0.15) is 12.4 Å². The normalized spacial score (nSPS) is 15.5. The highest BCUT2D eigenvalue weighted by molar-refractivity contribution is 7.13. The number of aromatic nitrogens is 1. The topological polar surface area (TPSA) is 51.2 Å². The van der Waals surface area contributed by atoms with Crippen molar-refractivity contribution < 1.29 is 9.53 Å². The molecule has 1 N–H and O–H groups in total. The Bertz CT molecular complexity index is 606. The van der Waals surface area contributed by atoms with Gasteiger partial charge in [0.15, 0.2) is 5.13 Å². The molecule has 0 saturated heterocycles. The highest BCUT2D eigenvalue weighted by atomic mass is 32.1. The quantitative estimate of drug-likeness (QED) is 0.897. The summed E-state index contributed by atoms with van der Waals surface area (Å²) in [6.45, 7) is 0.416. The van der Waals surface area contributed by atoms with Crippen LogP contribution in [-0.2, 0) is 11.4 Å². The molecule has 5 heteroatoms. The van der Waals surface area contributed by atoms with Gasteiger partial charge in [0.05, 0.1) is 5.69 Å². The van der Waals surface area contributed by atoms with E-state index in [1.54, 1.807) is 0 Å². The Balaban J connectivity index is 1.51. The van der Waals surface area contributed by atoms with Crippen LogP contribution in [0, 0.1) is 5.92 Å². The first-order valence-corrected chi connectivity index (χ1v) is 8.62. The van der Waals surface area contributed by atoms with Gasteiger partial charge in [-0.25, -0.2) is 4.98 Å². The predicted molar refractivity (Wildman–Crippen MR) is 88.1 cm³/mol. The monoisotopic (exact) mass is 316 g/mol. The van der Waals surface area contributed by atoms with Crippen LogP contribution in [0.1, 0.15) is 37.8 Å². The number of benzene rings is 1. The molecule has 0 atom stereocenters. The fourth-order valence-corrected chi connectivity index (χ4v) is 3.37. The van der Waals surface area contributed by atoms with E-state index in [9.17, 15) is 4.79 Å². The van der Waals surface area contributed by atoms with Crippen molar-refractivity contribution in [2.45, 2.75) is 38.7 Å². The molecule has 116 valence electrons. The minimum absolute atomic E-state index is 0.115. The smallest absolute Gasteiger partial charge is 0.229 e. The summed E-state index contributed by atoms with van der Waals surface area (Å²) in [6.07, 6.45) is 5.57. The molecular weight excluding hydrogens is 296 g/mol. The second-order valence-corrected chi connectivity index (χ2v) is 6.43. The van der Waals surface area contributed by atoms with Gasteiger partial charge in [-0.3, -0.25) is 4.79 Å². The van der Waals surface area contributed by atoms with Gasteiger partial charge < -0.3 is 10.1 Å². The minimum atomic E-state index is 0.115. The number of carbonyl (C=O) groups is 1. The van der Waals surface area contributed by atoms with Crippen molar-refractivity contribution in [1.82, 2.24) is 4.98 Å². The molecule has 1 aliphatic rings. The highest BCUT2D eigenvalue weighted by Crippen LogP contribution is 2.26. The molecule has 0 radical (unpaired) electrons. The number of anilines is 1. The molecule has 3 rings (SSSR count). The maximum atomic E-state index is 12.2. The summed E-state index contributed by atoms with van der Waals surface area (Å²) in [5.74, 6) is 1.09. The van der Waals surface area contributed by atoms with Crippen LogP contribution in [-0.4, -0.2) is 10.9 Å². The maximum absolute atomic E-state index is 12.2.